The molecule has 2 rings (SSSR count). The Morgan fingerprint density at radius 2 is 2.00 bits per heavy atom. The van der Waals surface area contributed by atoms with Crippen LogP contribution in [0.25, 0.3) is 11.1 Å². The number of nitrogens with zero attached hydrogens (tertiary/aromatic N) is 1. The normalized spacial score (nSPS) is 11.1. The SMILES string of the molecule is Cc1cc(C)c2c(oc(=O)n2C)c1Br. The summed E-state index contributed by atoms with van der Waals surface area (Å²) in [4.78, 5) is 11.3. The summed E-state index contributed by atoms with van der Waals surface area (Å²) in [7, 11) is 1.71. The maximum absolute atomic E-state index is 11.3. The quantitative estimate of drug-likeness (QED) is 0.725. The largest absolute Gasteiger partial charge is 0.419 e. The van der Waals surface area contributed by atoms with Crippen molar-refractivity contribution in [2.75, 3.05) is 0 Å². The molecular weight excluding hydrogens is 246 g/mol. The molecule has 14 heavy (non-hydrogen) atoms. The molecule has 1 heterocycles. The van der Waals surface area contributed by atoms with E-state index >= 15 is 0 Å². The molecule has 0 fully saturated rings. The summed E-state index contributed by atoms with van der Waals surface area (Å²) >= 11 is 3.42. The zero-order valence-corrected chi connectivity index (χ0v) is 9.81. The van der Waals surface area contributed by atoms with Crippen LogP contribution in [0.4, 0.5) is 0 Å². The molecule has 3 nitrogen and oxygen atoms in total. The van der Waals surface area contributed by atoms with Crippen LogP contribution in [-0.4, -0.2) is 4.57 Å². The molecule has 0 atom stereocenters. The molecule has 0 aliphatic rings. The first-order valence-corrected chi connectivity index (χ1v) is 5.07. The summed E-state index contributed by atoms with van der Waals surface area (Å²) in [6, 6.07) is 2.03. The average molecular weight is 256 g/mol. The third-order valence-corrected chi connectivity index (χ3v) is 3.35. The zero-order chi connectivity index (χ0) is 10.5. The molecule has 0 bridgehead atoms. The van der Waals surface area contributed by atoms with Crippen molar-refractivity contribution >= 4 is 27.0 Å². The first-order chi connectivity index (χ1) is 6.52. The number of benzene rings is 1. The van der Waals surface area contributed by atoms with E-state index in [0.717, 1.165) is 21.1 Å². The summed E-state index contributed by atoms with van der Waals surface area (Å²) in [6.45, 7) is 3.94. The first-order valence-electron chi connectivity index (χ1n) is 4.27. The molecule has 1 aromatic heterocycles. The van der Waals surface area contributed by atoms with E-state index in [0.29, 0.717) is 5.58 Å². The molecule has 0 unspecified atom stereocenters. The summed E-state index contributed by atoms with van der Waals surface area (Å²) in [5.41, 5.74) is 3.61. The van der Waals surface area contributed by atoms with Crippen LogP contribution in [0.3, 0.4) is 0 Å². The number of halogens is 1. The van der Waals surface area contributed by atoms with Gasteiger partial charge in [-0.05, 0) is 40.9 Å². The monoisotopic (exact) mass is 255 g/mol. The predicted molar refractivity (Wildman–Crippen MR) is 58.6 cm³/mol. The fraction of sp³-hybridized carbons (Fsp3) is 0.300. The van der Waals surface area contributed by atoms with Gasteiger partial charge in [-0.3, -0.25) is 4.57 Å². The van der Waals surface area contributed by atoms with Crippen LogP contribution in [0.1, 0.15) is 11.1 Å². The lowest BCUT2D eigenvalue weighted by molar-refractivity contribution is 0.526. The van der Waals surface area contributed by atoms with Crippen LogP contribution in [0, 0.1) is 13.8 Å². The van der Waals surface area contributed by atoms with Crippen molar-refractivity contribution < 1.29 is 4.42 Å². The van der Waals surface area contributed by atoms with Crippen molar-refractivity contribution in [2.45, 2.75) is 13.8 Å². The molecule has 0 aliphatic carbocycles. The van der Waals surface area contributed by atoms with E-state index in [4.69, 9.17) is 4.42 Å². The molecule has 74 valence electrons. The van der Waals surface area contributed by atoms with Crippen LogP contribution < -0.4 is 5.76 Å². The van der Waals surface area contributed by atoms with Gasteiger partial charge >= 0.3 is 5.76 Å². The summed E-state index contributed by atoms with van der Waals surface area (Å²) < 4.78 is 7.53. The van der Waals surface area contributed by atoms with Gasteiger partial charge in [0.2, 0.25) is 0 Å². The van der Waals surface area contributed by atoms with Crippen LogP contribution in [0.5, 0.6) is 0 Å². The molecular formula is C10H10BrNO2. The van der Waals surface area contributed by atoms with E-state index in [2.05, 4.69) is 15.9 Å². The second-order valence-electron chi connectivity index (χ2n) is 3.43. The van der Waals surface area contributed by atoms with Crippen LogP contribution in [-0.2, 0) is 7.05 Å². The van der Waals surface area contributed by atoms with Crippen molar-refractivity contribution in [2.24, 2.45) is 7.05 Å². The summed E-state index contributed by atoms with van der Waals surface area (Å²) in [5, 5.41) is 0. The van der Waals surface area contributed by atoms with Gasteiger partial charge in [-0.25, -0.2) is 4.79 Å². The highest BCUT2D eigenvalue weighted by molar-refractivity contribution is 9.10. The van der Waals surface area contributed by atoms with E-state index < -0.39 is 0 Å². The van der Waals surface area contributed by atoms with Gasteiger partial charge in [-0.1, -0.05) is 6.07 Å². The Morgan fingerprint density at radius 3 is 2.64 bits per heavy atom. The summed E-state index contributed by atoms with van der Waals surface area (Å²) in [6.07, 6.45) is 0. The Morgan fingerprint density at radius 1 is 1.36 bits per heavy atom. The molecule has 1 aromatic carbocycles. The molecule has 0 spiro atoms. The lowest BCUT2D eigenvalue weighted by Gasteiger charge is -2.02. The molecule has 0 radical (unpaired) electrons. The smallest absolute Gasteiger partial charge is 0.406 e. The van der Waals surface area contributed by atoms with E-state index in [1.807, 2.05) is 19.9 Å². The lowest BCUT2D eigenvalue weighted by Crippen LogP contribution is -2.08. The van der Waals surface area contributed by atoms with E-state index in [1.54, 1.807) is 7.05 Å². The third-order valence-electron chi connectivity index (χ3n) is 2.37. The van der Waals surface area contributed by atoms with Crippen molar-refractivity contribution in [3.8, 4) is 0 Å². The van der Waals surface area contributed by atoms with E-state index in [9.17, 15) is 4.79 Å². The van der Waals surface area contributed by atoms with Crippen molar-refractivity contribution in [3.05, 3.63) is 32.2 Å². The average Bonchev–Trinajstić information content (AvgIpc) is 2.40. The van der Waals surface area contributed by atoms with E-state index in [-0.39, 0.29) is 5.76 Å². The molecule has 0 saturated heterocycles. The molecule has 4 heteroatoms. The Labute approximate surface area is 89.5 Å². The maximum atomic E-state index is 11.3. The fourth-order valence-corrected chi connectivity index (χ4v) is 2.06. The number of hydrogen-bond donors (Lipinski definition) is 0. The van der Waals surface area contributed by atoms with E-state index in [1.165, 1.54) is 4.57 Å². The minimum atomic E-state index is -0.325. The van der Waals surface area contributed by atoms with Crippen molar-refractivity contribution in [3.63, 3.8) is 0 Å². The number of aryl methyl sites for hydroxylation is 3. The zero-order valence-electron chi connectivity index (χ0n) is 8.22. The highest BCUT2D eigenvalue weighted by Gasteiger charge is 2.13. The minimum Gasteiger partial charge on any atom is -0.406 e. The second-order valence-corrected chi connectivity index (χ2v) is 4.22. The Balaban J connectivity index is 3.09. The molecule has 0 amide bonds. The number of fused-ring (bicyclic) bond motifs is 1. The number of aromatic nitrogens is 1. The van der Waals surface area contributed by atoms with Crippen LogP contribution in [0.15, 0.2) is 19.8 Å². The molecule has 0 N–H and O–H groups in total. The standard InChI is InChI=1S/C10H10BrNO2/c1-5-4-6(2)8-9(7(5)11)14-10(13)12(8)3/h4H,1-3H3. The van der Waals surface area contributed by atoms with Crippen LogP contribution in [0.2, 0.25) is 0 Å². The van der Waals surface area contributed by atoms with Gasteiger partial charge in [0.15, 0.2) is 5.58 Å². The Bertz CT molecular complexity index is 565. The van der Waals surface area contributed by atoms with Crippen molar-refractivity contribution in [1.29, 1.82) is 0 Å². The van der Waals surface area contributed by atoms with Gasteiger partial charge in [0, 0.05) is 7.05 Å². The highest BCUT2D eigenvalue weighted by Crippen LogP contribution is 2.28. The number of oxazole rings is 1. The minimum absolute atomic E-state index is 0.325. The maximum Gasteiger partial charge on any atom is 0.419 e. The number of hydrogen-bond acceptors (Lipinski definition) is 2. The van der Waals surface area contributed by atoms with Gasteiger partial charge in [-0.2, -0.15) is 0 Å². The topological polar surface area (TPSA) is 35.1 Å². The third kappa shape index (κ3) is 1.14. The Hall–Kier alpha value is -1.03. The summed E-state index contributed by atoms with van der Waals surface area (Å²) in [5.74, 6) is -0.325. The lowest BCUT2D eigenvalue weighted by atomic mass is 10.1. The Kier molecular flexibility index (Phi) is 2.03. The highest BCUT2D eigenvalue weighted by atomic mass is 79.9. The van der Waals surface area contributed by atoms with Crippen molar-refractivity contribution in [1.82, 2.24) is 4.57 Å². The predicted octanol–water partition coefficient (Wildman–Crippen LogP) is 2.51. The molecule has 0 saturated carbocycles. The molecule has 2 aromatic rings. The van der Waals surface area contributed by atoms with Gasteiger partial charge < -0.3 is 4.42 Å². The number of rotatable bonds is 0. The van der Waals surface area contributed by atoms with Gasteiger partial charge in [-0.15, -0.1) is 0 Å². The molecule has 0 aliphatic heterocycles. The second kappa shape index (κ2) is 2.98. The van der Waals surface area contributed by atoms with Gasteiger partial charge in [0.05, 0.1) is 9.99 Å². The first kappa shape index (κ1) is 9.52. The van der Waals surface area contributed by atoms with Gasteiger partial charge in [0.25, 0.3) is 0 Å². The van der Waals surface area contributed by atoms with Gasteiger partial charge in [0.1, 0.15) is 0 Å². The fourth-order valence-electron chi connectivity index (χ4n) is 1.68. The van der Waals surface area contributed by atoms with Crippen LogP contribution >= 0.6 is 15.9 Å².